The number of hydrogen-bond donors (Lipinski definition) is 1. The van der Waals surface area contributed by atoms with Crippen molar-refractivity contribution in [3.05, 3.63) is 58.1 Å². The SMILES string of the molecule is CCC1CCC(C(=O)Nc2ccc(C)c(OC)c2)CC1.CCc1c(C)ccc(C#N)c1C(C)=O. The molecule has 0 saturated heterocycles. The number of carbonyl (C=O) groups is 2. The maximum atomic E-state index is 12.3. The first-order valence-electron chi connectivity index (χ1n) is 12.2. The first kappa shape index (κ1) is 27.1. The van der Waals surface area contributed by atoms with Crippen molar-refractivity contribution in [2.45, 2.75) is 73.1 Å². The zero-order valence-corrected chi connectivity index (χ0v) is 21.5. The van der Waals surface area contributed by atoms with Gasteiger partial charge in [-0.05, 0) is 87.6 Å². The van der Waals surface area contributed by atoms with Crippen LogP contribution in [0.1, 0.15) is 85.5 Å². The molecule has 2 aromatic carbocycles. The van der Waals surface area contributed by atoms with Crippen LogP contribution in [0, 0.1) is 37.0 Å². The van der Waals surface area contributed by atoms with Crippen LogP contribution in [0.5, 0.6) is 5.75 Å². The van der Waals surface area contributed by atoms with Crippen LogP contribution in [0.4, 0.5) is 5.69 Å². The molecule has 1 N–H and O–H groups in total. The number of anilines is 1. The van der Waals surface area contributed by atoms with Gasteiger partial charge < -0.3 is 10.1 Å². The molecule has 0 atom stereocenters. The standard InChI is InChI=1S/C17H25NO2.C12H13NO/c1-4-13-6-8-14(9-7-13)17(19)18-15-10-5-12(2)16(11-15)20-3;1-4-11-8(2)5-6-10(7-13)12(11)9(3)14/h5,10-11,13-14H,4,6-9H2,1-3H3,(H,18,19);5-6H,4H2,1-3H3. The summed E-state index contributed by atoms with van der Waals surface area (Å²) in [5.74, 6) is 1.94. The fraction of sp³-hybridized carbons (Fsp3) is 0.483. The fourth-order valence-electron chi connectivity index (χ4n) is 4.68. The molecule has 5 heteroatoms. The number of ether oxygens (including phenoxy) is 1. The van der Waals surface area contributed by atoms with Gasteiger partial charge in [0.2, 0.25) is 5.91 Å². The Balaban J connectivity index is 0.000000257. The average molecular weight is 463 g/mol. The minimum absolute atomic E-state index is 0.0258. The monoisotopic (exact) mass is 462 g/mol. The highest BCUT2D eigenvalue weighted by molar-refractivity contribution is 5.98. The third-order valence-electron chi connectivity index (χ3n) is 6.84. The second kappa shape index (κ2) is 12.9. The van der Waals surface area contributed by atoms with E-state index in [1.54, 1.807) is 13.2 Å². The molecule has 0 heterocycles. The molecule has 1 saturated carbocycles. The number of amides is 1. The van der Waals surface area contributed by atoms with E-state index in [1.807, 2.05) is 45.0 Å². The maximum Gasteiger partial charge on any atom is 0.227 e. The van der Waals surface area contributed by atoms with Crippen molar-refractivity contribution in [1.29, 1.82) is 5.26 Å². The number of benzene rings is 2. The summed E-state index contributed by atoms with van der Waals surface area (Å²) >= 11 is 0. The molecule has 1 fully saturated rings. The van der Waals surface area contributed by atoms with E-state index in [0.29, 0.717) is 11.1 Å². The number of carbonyl (C=O) groups excluding carboxylic acids is 2. The first-order chi connectivity index (χ1) is 16.2. The van der Waals surface area contributed by atoms with Gasteiger partial charge in [-0.3, -0.25) is 9.59 Å². The number of Topliss-reactive ketones (excluding diaryl/α,β-unsaturated/α-hetero) is 1. The van der Waals surface area contributed by atoms with Gasteiger partial charge in [0.25, 0.3) is 0 Å². The van der Waals surface area contributed by atoms with Crippen LogP contribution < -0.4 is 10.1 Å². The normalized spacial score (nSPS) is 17.1. The predicted octanol–water partition coefficient (Wildman–Crippen LogP) is 6.79. The number of hydrogen-bond acceptors (Lipinski definition) is 4. The van der Waals surface area contributed by atoms with E-state index in [1.165, 1.54) is 26.2 Å². The Morgan fingerprint density at radius 1 is 1.06 bits per heavy atom. The van der Waals surface area contributed by atoms with E-state index < -0.39 is 0 Å². The van der Waals surface area contributed by atoms with Crippen molar-refractivity contribution in [2.75, 3.05) is 12.4 Å². The summed E-state index contributed by atoms with van der Waals surface area (Å²) in [6.45, 7) is 9.71. The van der Waals surface area contributed by atoms with E-state index in [-0.39, 0.29) is 17.6 Å². The van der Waals surface area contributed by atoms with Gasteiger partial charge in [-0.15, -0.1) is 0 Å². The number of nitrogens with one attached hydrogen (secondary N) is 1. The summed E-state index contributed by atoms with van der Waals surface area (Å²) in [5, 5.41) is 11.9. The molecule has 1 aliphatic rings. The number of methoxy groups -OCH3 is 1. The van der Waals surface area contributed by atoms with Gasteiger partial charge in [0.15, 0.2) is 5.78 Å². The van der Waals surface area contributed by atoms with Gasteiger partial charge in [0, 0.05) is 23.2 Å². The Bertz CT molecular complexity index is 1040. The van der Waals surface area contributed by atoms with Crippen molar-refractivity contribution in [3.63, 3.8) is 0 Å². The molecule has 0 unspecified atom stereocenters. The van der Waals surface area contributed by atoms with Crippen molar-refractivity contribution in [1.82, 2.24) is 0 Å². The third-order valence-corrected chi connectivity index (χ3v) is 6.84. The molecule has 0 spiro atoms. The molecule has 34 heavy (non-hydrogen) atoms. The highest BCUT2D eigenvalue weighted by atomic mass is 16.5. The molecule has 0 bridgehead atoms. The number of nitriles is 1. The van der Waals surface area contributed by atoms with Crippen LogP contribution in [0.3, 0.4) is 0 Å². The van der Waals surface area contributed by atoms with E-state index in [4.69, 9.17) is 10.00 Å². The lowest BCUT2D eigenvalue weighted by molar-refractivity contribution is -0.121. The molecule has 1 amide bonds. The van der Waals surface area contributed by atoms with Crippen LogP contribution in [0.15, 0.2) is 30.3 Å². The lowest BCUT2D eigenvalue weighted by atomic mass is 9.80. The Hall–Kier alpha value is -3.13. The molecular formula is C29H38N2O3. The van der Waals surface area contributed by atoms with Crippen LogP contribution in [0.25, 0.3) is 0 Å². The minimum atomic E-state index is -0.0258. The van der Waals surface area contributed by atoms with Crippen LogP contribution in [-0.4, -0.2) is 18.8 Å². The second-order valence-electron chi connectivity index (χ2n) is 9.10. The predicted molar refractivity (Wildman–Crippen MR) is 137 cm³/mol. The van der Waals surface area contributed by atoms with Crippen LogP contribution in [0.2, 0.25) is 0 Å². The number of aryl methyl sites for hydroxylation is 2. The average Bonchev–Trinajstić information content (AvgIpc) is 2.85. The van der Waals surface area contributed by atoms with Crippen molar-refractivity contribution in [3.8, 4) is 11.8 Å². The number of ketones is 1. The molecule has 5 nitrogen and oxygen atoms in total. The molecule has 0 radical (unpaired) electrons. The number of rotatable bonds is 6. The smallest absolute Gasteiger partial charge is 0.227 e. The summed E-state index contributed by atoms with van der Waals surface area (Å²) in [4.78, 5) is 23.7. The molecule has 2 aromatic rings. The Labute approximate surface area is 204 Å². The Morgan fingerprint density at radius 3 is 2.24 bits per heavy atom. The molecule has 1 aliphatic carbocycles. The van der Waals surface area contributed by atoms with Crippen molar-refractivity contribution in [2.24, 2.45) is 11.8 Å². The summed E-state index contributed by atoms with van der Waals surface area (Å²) in [6, 6.07) is 11.5. The molecule has 0 aromatic heterocycles. The zero-order valence-electron chi connectivity index (χ0n) is 21.5. The highest BCUT2D eigenvalue weighted by Crippen LogP contribution is 2.31. The summed E-state index contributed by atoms with van der Waals surface area (Å²) < 4.78 is 5.29. The summed E-state index contributed by atoms with van der Waals surface area (Å²) in [7, 11) is 1.65. The number of nitrogens with zero attached hydrogens (tertiary/aromatic N) is 1. The van der Waals surface area contributed by atoms with E-state index >= 15 is 0 Å². The molecule has 0 aliphatic heterocycles. The minimum Gasteiger partial charge on any atom is -0.496 e. The fourth-order valence-corrected chi connectivity index (χ4v) is 4.68. The van der Waals surface area contributed by atoms with Crippen molar-refractivity contribution >= 4 is 17.4 Å². The van der Waals surface area contributed by atoms with Gasteiger partial charge in [-0.25, -0.2) is 0 Å². The van der Waals surface area contributed by atoms with Crippen LogP contribution >= 0.6 is 0 Å². The first-order valence-corrected chi connectivity index (χ1v) is 12.2. The second-order valence-corrected chi connectivity index (χ2v) is 9.10. The molecular weight excluding hydrogens is 424 g/mol. The van der Waals surface area contributed by atoms with Crippen LogP contribution in [-0.2, 0) is 11.2 Å². The quantitative estimate of drug-likeness (QED) is 0.479. The topological polar surface area (TPSA) is 79.2 Å². The third kappa shape index (κ3) is 6.93. The Morgan fingerprint density at radius 2 is 1.71 bits per heavy atom. The molecule has 3 rings (SSSR count). The summed E-state index contributed by atoms with van der Waals surface area (Å²) in [5.41, 5.74) is 5.06. The lowest BCUT2D eigenvalue weighted by Gasteiger charge is -2.27. The highest BCUT2D eigenvalue weighted by Gasteiger charge is 2.25. The molecule has 182 valence electrons. The maximum absolute atomic E-state index is 12.3. The van der Waals surface area contributed by atoms with E-state index in [2.05, 4.69) is 18.3 Å². The zero-order chi connectivity index (χ0) is 25.3. The largest absolute Gasteiger partial charge is 0.496 e. The van der Waals surface area contributed by atoms with Gasteiger partial charge in [-0.1, -0.05) is 32.4 Å². The van der Waals surface area contributed by atoms with Gasteiger partial charge in [0.1, 0.15) is 5.75 Å². The van der Waals surface area contributed by atoms with Gasteiger partial charge >= 0.3 is 0 Å². The Kier molecular flexibility index (Phi) is 10.3. The lowest BCUT2D eigenvalue weighted by Crippen LogP contribution is -2.27. The van der Waals surface area contributed by atoms with Gasteiger partial charge in [-0.2, -0.15) is 5.26 Å². The van der Waals surface area contributed by atoms with Crippen molar-refractivity contribution < 1.29 is 14.3 Å². The summed E-state index contributed by atoms with van der Waals surface area (Å²) in [6.07, 6.45) is 6.44. The van der Waals surface area contributed by atoms with E-state index in [9.17, 15) is 9.59 Å². The van der Waals surface area contributed by atoms with Gasteiger partial charge in [0.05, 0.1) is 18.7 Å². The van der Waals surface area contributed by atoms with E-state index in [0.717, 1.165) is 53.3 Å².